The Hall–Kier alpha value is -0.460. The summed E-state index contributed by atoms with van der Waals surface area (Å²) >= 11 is 1.53. The predicted octanol–water partition coefficient (Wildman–Crippen LogP) is 1.91. The number of aromatic nitrogens is 1. The van der Waals surface area contributed by atoms with Crippen molar-refractivity contribution in [3.8, 4) is 0 Å². The van der Waals surface area contributed by atoms with Crippen LogP contribution >= 0.6 is 11.3 Å². The van der Waals surface area contributed by atoms with Crippen molar-refractivity contribution >= 4 is 21.5 Å². The third kappa shape index (κ3) is 4.17. The molecule has 0 fully saturated rings. The van der Waals surface area contributed by atoms with Gasteiger partial charge in [0.05, 0.1) is 17.0 Å². The molecule has 0 aromatic carbocycles. The third-order valence-electron chi connectivity index (χ3n) is 2.00. The molecule has 0 saturated heterocycles. The molecule has 80 valence electrons. The van der Waals surface area contributed by atoms with Gasteiger partial charge >= 0.3 is 0 Å². The van der Waals surface area contributed by atoms with E-state index in [2.05, 4.69) is 4.98 Å². The van der Waals surface area contributed by atoms with Gasteiger partial charge in [-0.1, -0.05) is 6.92 Å². The van der Waals surface area contributed by atoms with E-state index in [-0.39, 0.29) is 11.7 Å². The number of nitrogens with zero attached hydrogens (tertiary/aromatic N) is 1. The Labute approximate surface area is 87.7 Å². The first-order chi connectivity index (χ1) is 6.49. The van der Waals surface area contributed by atoms with Crippen LogP contribution in [0.5, 0.6) is 0 Å². The second-order valence-electron chi connectivity index (χ2n) is 3.24. The maximum atomic E-state index is 10.4. The molecule has 1 aromatic heterocycles. The largest absolute Gasteiger partial charge is 0.286 e. The molecule has 0 amide bonds. The van der Waals surface area contributed by atoms with Crippen molar-refractivity contribution < 1.29 is 13.0 Å². The molecular weight excluding hydrogens is 222 g/mol. The molecule has 1 heterocycles. The zero-order valence-corrected chi connectivity index (χ0v) is 9.51. The highest BCUT2D eigenvalue weighted by molar-refractivity contribution is 7.85. The van der Waals surface area contributed by atoms with Crippen LogP contribution in [0.2, 0.25) is 0 Å². The minimum atomic E-state index is -3.81. The van der Waals surface area contributed by atoms with Crippen molar-refractivity contribution in [2.24, 2.45) is 0 Å². The lowest BCUT2D eigenvalue weighted by molar-refractivity contribution is 0.478. The zero-order valence-electron chi connectivity index (χ0n) is 7.88. The van der Waals surface area contributed by atoms with E-state index >= 15 is 0 Å². The van der Waals surface area contributed by atoms with Crippen LogP contribution < -0.4 is 0 Å². The first-order valence-electron chi connectivity index (χ1n) is 4.32. The molecule has 1 atom stereocenters. The Kier molecular flexibility index (Phi) is 4.03. The second-order valence-corrected chi connectivity index (χ2v) is 5.53. The average Bonchev–Trinajstić information content (AvgIpc) is 2.53. The zero-order chi connectivity index (χ0) is 10.6. The fraction of sp³-hybridized carbons (Fsp3) is 0.625. The van der Waals surface area contributed by atoms with Crippen LogP contribution in [0.25, 0.3) is 0 Å². The Morgan fingerprint density at radius 3 is 2.86 bits per heavy atom. The maximum absolute atomic E-state index is 10.4. The molecule has 0 aliphatic rings. The number of thiazole rings is 1. The normalized spacial score (nSPS) is 14.1. The Bertz CT molecular complexity index is 358. The van der Waals surface area contributed by atoms with Gasteiger partial charge in [0.15, 0.2) is 0 Å². The summed E-state index contributed by atoms with van der Waals surface area (Å²) in [6, 6.07) is 0. The van der Waals surface area contributed by atoms with Gasteiger partial charge in [0, 0.05) is 5.38 Å². The average molecular weight is 235 g/mol. The van der Waals surface area contributed by atoms with Crippen molar-refractivity contribution in [1.82, 2.24) is 4.98 Å². The highest BCUT2D eigenvalue weighted by atomic mass is 32.2. The van der Waals surface area contributed by atoms with Crippen molar-refractivity contribution in [3.05, 3.63) is 16.6 Å². The van der Waals surface area contributed by atoms with Crippen LogP contribution in [0.15, 0.2) is 10.9 Å². The standard InChI is InChI=1S/C8H13NO3S2/c1-7(8-5-13-6-9-8)3-2-4-14(10,11)12/h5-7H,2-4H2,1H3,(H,10,11,12). The van der Waals surface area contributed by atoms with Crippen LogP contribution in [0, 0.1) is 0 Å². The molecule has 0 bridgehead atoms. The lowest BCUT2D eigenvalue weighted by Crippen LogP contribution is -2.05. The summed E-state index contributed by atoms with van der Waals surface area (Å²) in [6.45, 7) is 2.00. The second kappa shape index (κ2) is 4.86. The Morgan fingerprint density at radius 1 is 1.64 bits per heavy atom. The molecule has 1 unspecified atom stereocenters. The topological polar surface area (TPSA) is 67.3 Å². The summed E-state index contributed by atoms with van der Waals surface area (Å²) in [6.07, 6.45) is 1.20. The summed E-state index contributed by atoms with van der Waals surface area (Å²) in [5.41, 5.74) is 2.75. The smallest absolute Gasteiger partial charge is 0.264 e. The van der Waals surface area contributed by atoms with Gasteiger partial charge in [-0.2, -0.15) is 8.42 Å². The number of hydrogen-bond donors (Lipinski definition) is 1. The molecule has 6 heteroatoms. The lowest BCUT2D eigenvalue weighted by Gasteiger charge is -2.06. The van der Waals surface area contributed by atoms with Crippen LogP contribution in [-0.4, -0.2) is 23.7 Å². The monoisotopic (exact) mass is 235 g/mol. The third-order valence-corrected chi connectivity index (χ3v) is 3.41. The lowest BCUT2D eigenvalue weighted by atomic mass is 10.0. The quantitative estimate of drug-likeness (QED) is 0.792. The summed E-state index contributed by atoms with van der Waals surface area (Å²) in [4.78, 5) is 4.14. The van der Waals surface area contributed by atoms with Gasteiger partial charge in [0.1, 0.15) is 0 Å². The van der Waals surface area contributed by atoms with Gasteiger partial charge in [0.25, 0.3) is 10.1 Å². The Morgan fingerprint density at radius 2 is 2.36 bits per heavy atom. The molecule has 0 radical (unpaired) electrons. The first kappa shape index (κ1) is 11.6. The molecule has 4 nitrogen and oxygen atoms in total. The Balaban J connectivity index is 2.33. The summed E-state index contributed by atoms with van der Waals surface area (Å²) < 4.78 is 29.4. The van der Waals surface area contributed by atoms with E-state index in [1.807, 2.05) is 12.3 Å². The molecular formula is C8H13NO3S2. The molecule has 1 aromatic rings. The summed E-state index contributed by atoms with van der Waals surface area (Å²) in [5, 5.41) is 1.96. The molecule has 0 saturated carbocycles. The molecule has 0 aliphatic carbocycles. The first-order valence-corrected chi connectivity index (χ1v) is 6.87. The highest BCUT2D eigenvalue weighted by Crippen LogP contribution is 2.20. The van der Waals surface area contributed by atoms with Gasteiger partial charge in [-0.15, -0.1) is 11.3 Å². The highest BCUT2D eigenvalue weighted by Gasteiger charge is 2.10. The van der Waals surface area contributed by atoms with Gasteiger partial charge in [0.2, 0.25) is 0 Å². The summed E-state index contributed by atoms with van der Waals surface area (Å²) in [5.74, 6) is 0.0876. The molecule has 1 N–H and O–H groups in total. The van der Waals surface area contributed by atoms with Gasteiger partial charge in [-0.25, -0.2) is 4.98 Å². The van der Waals surface area contributed by atoms with E-state index in [9.17, 15) is 8.42 Å². The van der Waals surface area contributed by atoms with E-state index in [1.165, 1.54) is 11.3 Å². The van der Waals surface area contributed by atoms with Gasteiger partial charge in [-0.3, -0.25) is 4.55 Å². The van der Waals surface area contributed by atoms with Crippen molar-refractivity contribution in [3.63, 3.8) is 0 Å². The maximum Gasteiger partial charge on any atom is 0.264 e. The minimum Gasteiger partial charge on any atom is -0.286 e. The van der Waals surface area contributed by atoms with E-state index in [1.54, 1.807) is 5.51 Å². The van der Waals surface area contributed by atoms with Crippen LogP contribution in [-0.2, 0) is 10.1 Å². The van der Waals surface area contributed by atoms with Crippen LogP contribution in [0.3, 0.4) is 0 Å². The molecule has 1 rings (SSSR count). The van der Waals surface area contributed by atoms with Crippen LogP contribution in [0.1, 0.15) is 31.4 Å². The fourth-order valence-corrected chi connectivity index (χ4v) is 2.39. The van der Waals surface area contributed by atoms with Gasteiger partial charge < -0.3 is 0 Å². The van der Waals surface area contributed by atoms with E-state index in [0.29, 0.717) is 6.42 Å². The fourth-order valence-electron chi connectivity index (χ4n) is 1.19. The molecule has 0 aliphatic heterocycles. The van der Waals surface area contributed by atoms with Crippen molar-refractivity contribution in [2.45, 2.75) is 25.7 Å². The van der Waals surface area contributed by atoms with Crippen LogP contribution in [0.4, 0.5) is 0 Å². The van der Waals surface area contributed by atoms with E-state index < -0.39 is 10.1 Å². The van der Waals surface area contributed by atoms with E-state index in [4.69, 9.17) is 4.55 Å². The van der Waals surface area contributed by atoms with Crippen molar-refractivity contribution in [2.75, 3.05) is 5.75 Å². The minimum absolute atomic E-state index is 0.165. The van der Waals surface area contributed by atoms with Crippen molar-refractivity contribution in [1.29, 1.82) is 0 Å². The van der Waals surface area contributed by atoms with Gasteiger partial charge in [-0.05, 0) is 18.8 Å². The predicted molar refractivity (Wildman–Crippen MR) is 56.2 cm³/mol. The number of hydrogen-bond acceptors (Lipinski definition) is 4. The molecule has 0 spiro atoms. The van der Waals surface area contributed by atoms with E-state index in [0.717, 1.165) is 12.1 Å². The number of rotatable bonds is 5. The SMILES string of the molecule is CC(CCCS(=O)(=O)O)c1cscn1. The summed E-state index contributed by atoms with van der Waals surface area (Å²) in [7, 11) is -3.81. The molecule has 14 heavy (non-hydrogen) atoms.